The summed E-state index contributed by atoms with van der Waals surface area (Å²) in [5.74, 6) is -0.918. The molecule has 0 unspecified atom stereocenters. The van der Waals surface area contributed by atoms with Gasteiger partial charge in [-0.25, -0.2) is 14.4 Å². The molecule has 0 atom stereocenters. The summed E-state index contributed by atoms with van der Waals surface area (Å²) in [6, 6.07) is 16.3. The van der Waals surface area contributed by atoms with E-state index in [0.717, 1.165) is 51.6 Å². The van der Waals surface area contributed by atoms with E-state index < -0.39 is 23.8 Å². The van der Waals surface area contributed by atoms with Crippen LogP contribution in [0.15, 0.2) is 92.6 Å². The predicted octanol–water partition coefficient (Wildman–Crippen LogP) is 6.07. The van der Waals surface area contributed by atoms with E-state index in [2.05, 4.69) is 19.7 Å². The maximum atomic E-state index is 12.0. The molecule has 6 nitrogen and oxygen atoms in total. The van der Waals surface area contributed by atoms with Crippen molar-refractivity contribution in [2.45, 2.75) is 26.7 Å². The van der Waals surface area contributed by atoms with Crippen LogP contribution < -0.4 is 14.2 Å². The van der Waals surface area contributed by atoms with Gasteiger partial charge in [-0.05, 0) is 72.4 Å². The highest BCUT2D eigenvalue weighted by molar-refractivity contribution is 5.85. The molecule has 0 aromatic heterocycles. The molecule has 0 saturated heterocycles. The van der Waals surface area contributed by atoms with Crippen molar-refractivity contribution < 1.29 is 28.6 Å². The van der Waals surface area contributed by atoms with Crippen LogP contribution >= 0.6 is 0 Å². The van der Waals surface area contributed by atoms with Crippen LogP contribution in [0.2, 0.25) is 0 Å². The lowest BCUT2D eigenvalue weighted by Gasteiger charge is -2.26. The number of carbonyl (C=O) groups is 3. The number of carbonyl (C=O) groups excluding carboxylic acids is 3. The quantitative estimate of drug-likeness (QED) is 0.155. The summed E-state index contributed by atoms with van der Waals surface area (Å²) in [4.78, 5) is 35.9. The number of benzene rings is 3. The Labute approximate surface area is 216 Å². The highest BCUT2D eigenvalue weighted by atomic mass is 16.5. The molecule has 0 aliphatic rings. The molecule has 0 spiro atoms. The number of esters is 3. The van der Waals surface area contributed by atoms with E-state index in [1.54, 1.807) is 36.4 Å². The van der Waals surface area contributed by atoms with Gasteiger partial charge >= 0.3 is 17.9 Å². The van der Waals surface area contributed by atoms with Crippen molar-refractivity contribution in [2.24, 2.45) is 0 Å². The lowest BCUT2D eigenvalue weighted by Crippen LogP contribution is -2.13. The lowest BCUT2D eigenvalue weighted by molar-refractivity contribution is -0.129. The van der Waals surface area contributed by atoms with E-state index in [4.69, 9.17) is 14.2 Å². The molecular weight excluding hydrogens is 468 g/mol. The molecule has 6 heteroatoms. The minimum Gasteiger partial charge on any atom is -0.423 e. The van der Waals surface area contributed by atoms with Crippen molar-refractivity contribution in [3.63, 3.8) is 0 Å². The monoisotopic (exact) mass is 496 g/mol. The van der Waals surface area contributed by atoms with Crippen LogP contribution in [-0.4, -0.2) is 17.9 Å². The van der Waals surface area contributed by atoms with Crippen molar-refractivity contribution in [3.8, 4) is 17.2 Å². The van der Waals surface area contributed by atoms with Crippen molar-refractivity contribution in [1.82, 2.24) is 0 Å². The number of hydrogen-bond acceptors (Lipinski definition) is 6. The average Bonchev–Trinajstić information content (AvgIpc) is 2.89. The second-order valence-electron chi connectivity index (χ2n) is 8.22. The first-order chi connectivity index (χ1) is 17.7. The molecule has 0 bridgehead atoms. The van der Waals surface area contributed by atoms with Gasteiger partial charge in [0, 0.05) is 24.1 Å². The van der Waals surface area contributed by atoms with Gasteiger partial charge in [-0.3, -0.25) is 0 Å². The average molecular weight is 497 g/mol. The Morgan fingerprint density at radius 3 is 1.08 bits per heavy atom. The zero-order chi connectivity index (χ0) is 27.1. The van der Waals surface area contributed by atoms with E-state index in [1.807, 2.05) is 39.0 Å². The Kier molecular flexibility index (Phi) is 8.59. The molecule has 3 aromatic rings. The Hall–Kier alpha value is -4.71. The van der Waals surface area contributed by atoms with E-state index in [-0.39, 0.29) is 0 Å². The molecule has 0 saturated carbocycles. The minimum absolute atomic E-state index is 0.395. The zero-order valence-corrected chi connectivity index (χ0v) is 21.1. The Bertz CT molecular complexity index is 1230. The standard InChI is InChI=1S/C31H28O6/c1-7-28(32)35-25-16-10-13-22(19(25)4)31(23-14-11-17-26(20(23)5)36-29(33)8-2)24-15-12-18-27(21(24)6)37-30(34)9-3/h7-18,31H,1-3H2,4-6H3. The third kappa shape index (κ3) is 5.93. The lowest BCUT2D eigenvalue weighted by atomic mass is 9.79. The molecule has 0 aliphatic heterocycles. The topological polar surface area (TPSA) is 78.9 Å². The fourth-order valence-corrected chi connectivity index (χ4v) is 4.12. The summed E-state index contributed by atoms with van der Waals surface area (Å²) < 4.78 is 16.4. The Balaban J connectivity index is 2.30. The summed E-state index contributed by atoms with van der Waals surface area (Å²) in [6.45, 7) is 16.0. The van der Waals surface area contributed by atoms with Gasteiger partial charge in [0.05, 0.1) is 0 Å². The second kappa shape index (κ2) is 11.8. The fourth-order valence-electron chi connectivity index (χ4n) is 4.12. The van der Waals surface area contributed by atoms with Crippen molar-refractivity contribution in [2.75, 3.05) is 0 Å². The number of rotatable bonds is 9. The van der Waals surface area contributed by atoms with Gasteiger partial charge in [-0.15, -0.1) is 0 Å². The third-order valence-corrected chi connectivity index (χ3v) is 6.04. The summed E-state index contributed by atoms with van der Waals surface area (Å²) in [6.07, 6.45) is 3.31. The van der Waals surface area contributed by atoms with Gasteiger partial charge in [-0.1, -0.05) is 56.1 Å². The fraction of sp³-hybridized carbons (Fsp3) is 0.129. The smallest absolute Gasteiger partial charge is 0.335 e. The van der Waals surface area contributed by atoms with Crippen molar-refractivity contribution in [1.29, 1.82) is 0 Å². The summed E-state index contributed by atoms with van der Waals surface area (Å²) in [5, 5.41) is 0. The maximum absolute atomic E-state index is 12.0. The highest BCUT2D eigenvalue weighted by Gasteiger charge is 2.26. The maximum Gasteiger partial charge on any atom is 0.335 e. The SMILES string of the molecule is C=CC(=O)Oc1cccc(C(c2cccc(OC(=O)C=C)c2C)c2cccc(OC(=O)C=C)c2C)c1C. The van der Waals surface area contributed by atoms with Crippen molar-refractivity contribution >= 4 is 17.9 Å². The van der Waals surface area contributed by atoms with Crippen LogP contribution in [0.1, 0.15) is 39.3 Å². The zero-order valence-electron chi connectivity index (χ0n) is 21.1. The molecule has 3 aromatic carbocycles. The molecule has 3 rings (SSSR count). The van der Waals surface area contributed by atoms with Crippen molar-refractivity contribution in [3.05, 3.63) is 126 Å². The van der Waals surface area contributed by atoms with Gasteiger partial charge in [0.15, 0.2) is 0 Å². The second-order valence-corrected chi connectivity index (χ2v) is 8.22. The first-order valence-corrected chi connectivity index (χ1v) is 11.5. The molecular formula is C31H28O6. The molecule has 0 N–H and O–H groups in total. The van der Waals surface area contributed by atoms with Crippen LogP contribution in [-0.2, 0) is 14.4 Å². The van der Waals surface area contributed by atoms with E-state index in [1.165, 1.54) is 0 Å². The van der Waals surface area contributed by atoms with Crippen LogP contribution in [0.3, 0.4) is 0 Å². The van der Waals surface area contributed by atoms with Crippen LogP contribution in [0.5, 0.6) is 17.2 Å². The largest absolute Gasteiger partial charge is 0.423 e. The normalized spacial score (nSPS) is 10.4. The first kappa shape index (κ1) is 26.9. The molecule has 0 radical (unpaired) electrons. The molecule has 0 heterocycles. The number of hydrogen-bond donors (Lipinski definition) is 0. The molecule has 0 amide bonds. The third-order valence-electron chi connectivity index (χ3n) is 6.04. The Morgan fingerprint density at radius 1 is 0.568 bits per heavy atom. The molecule has 0 aliphatic carbocycles. The van der Waals surface area contributed by atoms with Gasteiger partial charge < -0.3 is 14.2 Å². The first-order valence-electron chi connectivity index (χ1n) is 11.5. The van der Waals surface area contributed by atoms with Gasteiger partial charge in [-0.2, -0.15) is 0 Å². The molecule has 0 fully saturated rings. The minimum atomic E-state index is -0.569. The summed E-state index contributed by atoms with van der Waals surface area (Å²) in [5.41, 5.74) is 4.76. The highest BCUT2D eigenvalue weighted by Crippen LogP contribution is 2.42. The molecule has 188 valence electrons. The van der Waals surface area contributed by atoms with Gasteiger partial charge in [0.2, 0.25) is 0 Å². The van der Waals surface area contributed by atoms with Crippen LogP contribution in [0, 0.1) is 20.8 Å². The summed E-state index contributed by atoms with van der Waals surface area (Å²) in [7, 11) is 0. The van der Waals surface area contributed by atoms with E-state index >= 15 is 0 Å². The van der Waals surface area contributed by atoms with E-state index in [0.29, 0.717) is 17.2 Å². The van der Waals surface area contributed by atoms with Gasteiger partial charge in [0.1, 0.15) is 17.2 Å². The number of ether oxygens (including phenoxy) is 3. The summed E-state index contributed by atoms with van der Waals surface area (Å²) >= 11 is 0. The molecule has 37 heavy (non-hydrogen) atoms. The van der Waals surface area contributed by atoms with Gasteiger partial charge in [0.25, 0.3) is 0 Å². The van der Waals surface area contributed by atoms with E-state index in [9.17, 15) is 14.4 Å². The Morgan fingerprint density at radius 2 is 0.838 bits per heavy atom. The predicted molar refractivity (Wildman–Crippen MR) is 142 cm³/mol. The van der Waals surface area contributed by atoms with Crippen LogP contribution in [0.4, 0.5) is 0 Å². The van der Waals surface area contributed by atoms with Crippen LogP contribution in [0.25, 0.3) is 0 Å².